The Morgan fingerprint density at radius 1 is 0.886 bits per heavy atom. The van der Waals surface area contributed by atoms with Gasteiger partial charge < -0.3 is 24.8 Å². The van der Waals surface area contributed by atoms with Crippen LogP contribution < -0.4 is 5.32 Å². The number of fused-ring (bicyclic) bond motifs is 2. The van der Waals surface area contributed by atoms with Crippen molar-refractivity contribution in [3.8, 4) is 0 Å². The Kier molecular flexibility index (Phi) is 7.62. The molecule has 0 bridgehead atoms. The van der Waals surface area contributed by atoms with Gasteiger partial charge in [0.05, 0.1) is 0 Å². The van der Waals surface area contributed by atoms with Gasteiger partial charge in [0.25, 0.3) is 0 Å². The van der Waals surface area contributed by atoms with Crippen LogP contribution in [0.4, 0.5) is 0 Å². The van der Waals surface area contributed by atoms with Gasteiger partial charge in [-0.1, -0.05) is 36.4 Å². The fourth-order valence-electron chi connectivity index (χ4n) is 3.60. The second-order valence-electron chi connectivity index (χ2n) is 8.16. The zero-order chi connectivity index (χ0) is 24.6. The number of ether oxygens (including phenoxy) is 2. The van der Waals surface area contributed by atoms with Crippen LogP contribution in [0.15, 0.2) is 78.2 Å². The molecule has 8 nitrogen and oxygen atoms in total. The lowest BCUT2D eigenvalue weighted by Crippen LogP contribution is -2.31. The van der Waals surface area contributed by atoms with E-state index in [0.717, 1.165) is 32.9 Å². The number of nitrogens with zero attached hydrogens (tertiary/aromatic N) is 1. The highest BCUT2D eigenvalue weighted by molar-refractivity contribution is 5.84. The van der Waals surface area contributed by atoms with Gasteiger partial charge in [0, 0.05) is 51.5 Å². The Hall–Kier alpha value is -4.33. The molecule has 0 radical (unpaired) electrons. The zero-order valence-electron chi connectivity index (χ0n) is 19.7. The third kappa shape index (κ3) is 5.97. The van der Waals surface area contributed by atoms with Crippen LogP contribution in [0.5, 0.6) is 0 Å². The molecule has 180 valence electrons. The Morgan fingerprint density at radius 2 is 1.43 bits per heavy atom. The summed E-state index contributed by atoms with van der Waals surface area (Å²) in [4.78, 5) is 35.0. The van der Waals surface area contributed by atoms with E-state index in [1.54, 1.807) is 26.1 Å². The Labute approximate surface area is 203 Å². The van der Waals surface area contributed by atoms with Crippen molar-refractivity contribution in [2.45, 2.75) is 39.1 Å². The maximum atomic E-state index is 12.3. The van der Waals surface area contributed by atoms with E-state index in [1.165, 1.54) is 6.21 Å². The van der Waals surface area contributed by atoms with Crippen LogP contribution in [-0.4, -0.2) is 40.2 Å². The first kappa shape index (κ1) is 23.8. The second kappa shape index (κ2) is 11.2. The summed E-state index contributed by atoms with van der Waals surface area (Å²) in [6.07, 6.45) is 8.39. The Balaban J connectivity index is 1.18. The quantitative estimate of drug-likeness (QED) is 0.234. The van der Waals surface area contributed by atoms with Crippen LogP contribution in [0.25, 0.3) is 21.8 Å². The standard InChI is InChI=1S/C27H28N4O4/c1-18(26(32)34-16-20-14-30-24-10-5-3-8-22(20)24)28-12-7-13-29-19(2)27(33)35-17-21-15-31-25-11-6-4-9-23(21)25/h3-15,18-19,28,30-31H,16-17H2,1-2H3/b12-7+,29-13?/t18-,19-/m0/s1. The molecule has 0 aliphatic rings. The minimum Gasteiger partial charge on any atom is -0.459 e. The minimum absolute atomic E-state index is 0.179. The van der Waals surface area contributed by atoms with Crippen molar-refractivity contribution >= 4 is 40.0 Å². The molecule has 2 atom stereocenters. The molecule has 8 heteroatoms. The molecule has 0 aliphatic carbocycles. The number of allylic oxidation sites excluding steroid dienone is 1. The van der Waals surface area contributed by atoms with Crippen LogP contribution in [0.1, 0.15) is 25.0 Å². The van der Waals surface area contributed by atoms with Crippen molar-refractivity contribution in [2.75, 3.05) is 0 Å². The number of esters is 2. The highest BCUT2D eigenvalue weighted by atomic mass is 16.5. The van der Waals surface area contributed by atoms with Crippen LogP contribution in [-0.2, 0) is 32.3 Å². The van der Waals surface area contributed by atoms with Gasteiger partial charge in [-0.05, 0) is 38.3 Å². The molecule has 0 unspecified atom stereocenters. The molecule has 2 aromatic carbocycles. The molecular weight excluding hydrogens is 444 g/mol. The topological polar surface area (TPSA) is 109 Å². The van der Waals surface area contributed by atoms with Gasteiger partial charge in [0.2, 0.25) is 0 Å². The number of H-pyrrole nitrogens is 2. The first-order chi connectivity index (χ1) is 17.0. The van der Waals surface area contributed by atoms with Crippen LogP contribution in [0, 0.1) is 0 Å². The first-order valence-corrected chi connectivity index (χ1v) is 11.4. The lowest BCUT2D eigenvalue weighted by molar-refractivity contribution is -0.147. The van der Waals surface area contributed by atoms with E-state index < -0.39 is 18.1 Å². The van der Waals surface area contributed by atoms with Crippen molar-refractivity contribution in [3.05, 3.63) is 84.3 Å². The van der Waals surface area contributed by atoms with Crippen molar-refractivity contribution in [2.24, 2.45) is 4.99 Å². The second-order valence-corrected chi connectivity index (χ2v) is 8.16. The Morgan fingerprint density at radius 3 is 2.03 bits per heavy atom. The van der Waals surface area contributed by atoms with E-state index in [9.17, 15) is 9.59 Å². The largest absolute Gasteiger partial charge is 0.459 e. The predicted molar refractivity (Wildman–Crippen MR) is 136 cm³/mol. The van der Waals surface area contributed by atoms with Gasteiger partial charge >= 0.3 is 11.9 Å². The number of nitrogens with one attached hydrogen (secondary N) is 3. The smallest absolute Gasteiger partial charge is 0.330 e. The SMILES string of the molecule is C[C@H](N=C/C=C/N[C@@H](C)C(=O)OCc1c[nH]c2ccccc12)C(=O)OCc1c[nH]c2ccccc12. The highest BCUT2D eigenvalue weighted by Gasteiger charge is 2.15. The first-order valence-electron chi connectivity index (χ1n) is 11.4. The molecule has 0 saturated heterocycles. The van der Waals surface area contributed by atoms with Gasteiger partial charge in [-0.2, -0.15) is 0 Å². The van der Waals surface area contributed by atoms with E-state index in [4.69, 9.17) is 9.47 Å². The minimum atomic E-state index is -0.650. The lowest BCUT2D eigenvalue weighted by Gasteiger charge is -2.11. The van der Waals surface area contributed by atoms with E-state index in [0.29, 0.717) is 0 Å². The molecule has 35 heavy (non-hydrogen) atoms. The molecule has 2 heterocycles. The van der Waals surface area contributed by atoms with Gasteiger partial charge in [0.15, 0.2) is 0 Å². The summed E-state index contributed by atoms with van der Waals surface area (Å²) >= 11 is 0. The normalized spacial score (nSPS) is 13.4. The van der Waals surface area contributed by atoms with E-state index in [1.807, 2.05) is 60.9 Å². The number of aromatic nitrogens is 2. The molecule has 4 rings (SSSR count). The molecule has 0 spiro atoms. The van der Waals surface area contributed by atoms with Crippen LogP contribution >= 0.6 is 0 Å². The number of aromatic amines is 2. The van der Waals surface area contributed by atoms with Gasteiger partial charge in [-0.3, -0.25) is 4.99 Å². The predicted octanol–water partition coefficient (Wildman–Crippen LogP) is 4.39. The molecule has 3 N–H and O–H groups in total. The maximum Gasteiger partial charge on any atom is 0.330 e. The monoisotopic (exact) mass is 472 g/mol. The van der Waals surface area contributed by atoms with Crippen LogP contribution in [0.2, 0.25) is 0 Å². The molecule has 0 amide bonds. The van der Waals surface area contributed by atoms with Gasteiger partial charge in [-0.15, -0.1) is 0 Å². The average Bonchev–Trinajstić information content (AvgIpc) is 3.49. The lowest BCUT2D eigenvalue weighted by atomic mass is 10.2. The fraction of sp³-hybridized carbons (Fsp3) is 0.222. The van der Waals surface area contributed by atoms with Crippen molar-refractivity contribution in [3.63, 3.8) is 0 Å². The summed E-state index contributed by atoms with van der Waals surface area (Å²) in [6, 6.07) is 14.5. The summed E-state index contributed by atoms with van der Waals surface area (Å²) in [5.74, 6) is -0.784. The Bertz CT molecular complexity index is 1370. The number of carbonyl (C=O) groups is 2. The van der Waals surface area contributed by atoms with Gasteiger partial charge in [-0.25, -0.2) is 9.59 Å². The molecule has 0 saturated carbocycles. The van der Waals surface area contributed by atoms with E-state index in [2.05, 4.69) is 20.3 Å². The number of rotatable bonds is 10. The van der Waals surface area contributed by atoms with Crippen molar-refractivity contribution in [1.82, 2.24) is 15.3 Å². The molecule has 2 aromatic heterocycles. The summed E-state index contributed by atoms with van der Waals surface area (Å²) in [5.41, 5.74) is 3.84. The molecule has 0 fully saturated rings. The van der Waals surface area contributed by atoms with Crippen LogP contribution in [0.3, 0.4) is 0 Å². The molecule has 4 aromatic rings. The van der Waals surface area contributed by atoms with Crippen molar-refractivity contribution < 1.29 is 19.1 Å². The zero-order valence-corrected chi connectivity index (χ0v) is 19.7. The number of hydrogen-bond acceptors (Lipinski definition) is 6. The highest BCUT2D eigenvalue weighted by Crippen LogP contribution is 2.19. The number of benzene rings is 2. The summed E-state index contributed by atoms with van der Waals surface area (Å²) in [5, 5.41) is 5.00. The van der Waals surface area contributed by atoms with E-state index in [-0.39, 0.29) is 19.2 Å². The molecule has 0 aliphatic heterocycles. The summed E-state index contributed by atoms with van der Waals surface area (Å²) in [6.45, 7) is 3.75. The average molecular weight is 473 g/mol. The number of aliphatic imine (C=N–C) groups is 1. The van der Waals surface area contributed by atoms with Crippen molar-refractivity contribution in [1.29, 1.82) is 0 Å². The summed E-state index contributed by atoms with van der Waals surface area (Å²) < 4.78 is 10.8. The van der Waals surface area contributed by atoms with E-state index >= 15 is 0 Å². The third-order valence-electron chi connectivity index (χ3n) is 5.62. The maximum absolute atomic E-state index is 12.3. The van der Waals surface area contributed by atoms with Gasteiger partial charge in [0.1, 0.15) is 25.3 Å². The fourth-order valence-corrected chi connectivity index (χ4v) is 3.60. The number of hydrogen-bond donors (Lipinski definition) is 3. The molecular formula is C27H28N4O4. The third-order valence-corrected chi connectivity index (χ3v) is 5.62. The number of para-hydroxylation sites is 2. The summed E-state index contributed by atoms with van der Waals surface area (Å²) in [7, 11) is 0. The number of carbonyl (C=O) groups excluding carboxylic acids is 2.